The van der Waals surface area contributed by atoms with Gasteiger partial charge in [-0.15, -0.1) is 0 Å². The number of phenols is 1. The number of carboxylic acid groups (broad SMARTS) is 1. The van der Waals surface area contributed by atoms with Crippen LogP contribution in [-0.4, -0.2) is 64.1 Å². The highest BCUT2D eigenvalue weighted by atomic mass is 16.4. The number of likely N-dealkylation sites (tertiary alicyclic amines) is 1. The molecule has 2 N–H and O–H groups in total. The molecule has 1 saturated heterocycles. The minimum Gasteiger partial charge on any atom is -0.508 e. The minimum absolute atomic E-state index is 0.0327. The lowest BCUT2D eigenvalue weighted by atomic mass is 9.68. The van der Waals surface area contributed by atoms with Gasteiger partial charge in [0.25, 0.3) is 0 Å². The second-order valence-electron chi connectivity index (χ2n) is 10.0. The maximum Gasteiger partial charge on any atom is 0.303 e. The number of carboxylic acids is 1. The molecule has 6 nitrogen and oxygen atoms in total. The number of phenolic OH excluding ortho intramolecular Hbond substituents is 1. The number of aliphatic carboxylic acids is 1. The van der Waals surface area contributed by atoms with Gasteiger partial charge in [0, 0.05) is 38.5 Å². The first-order valence-electron chi connectivity index (χ1n) is 12.3. The number of rotatable bonds is 9. The van der Waals surface area contributed by atoms with Gasteiger partial charge in [-0.1, -0.05) is 45.2 Å². The molecule has 1 saturated carbocycles. The first-order chi connectivity index (χ1) is 15.3. The van der Waals surface area contributed by atoms with Crippen molar-refractivity contribution in [2.75, 3.05) is 26.2 Å². The van der Waals surface area contributed by atoms with Gasteiger partial charge in [0.1, 0.15) is 5.75 Å². The summed E-state index contributed by atoms with van der Waals surface area (Å²) in [6.07, 6.45) is 7.55. The SMILES string of the molecule is C[C@H]1CN(CCN(C(=O)CCCC(=O)O)C2CCCCC2)CC[C@]1(C)c1cccc(O)c1. The van der Waals surface area contributed by atoms with Crippen LogP contribution in [0.15, 0.2) is 24.3 Å². The molecule has 0 radical (unpaired) electrons. The number of aromatic hydroxyl groups is 1. The average molecular weight is 445 g/mol. The van der Waals surface area contributed by atoms with Crippen LogP contribution in [-0.2, 0) is 15.0 Å². The van der Waals surface area contributed by atoms with Gasteiger partial charge in [0.2, 0.25) is 5.91 Å². The van der Waals surface area contributed by atoms with Crippen molar-refractivity contribution >= 4 is 11.9 Å². The van der Waals surface area contributed by atoms with Crippen molar-refractivity contribution in [1.29, 1.82) is 0 Å². The van der Waals surface area contributed by atoms with Crippen molar-refractivity contribution in [2.24, 2.45) is 5.92 Å². The van der Waals surface area contributed by atoms with Gasteiger partial charge in [0.15, 0.2) is 0 Å². The Hall–Kier alpha value is -2.08. The van der Waals surface area contributed by atoms with Crippen molar-refractivity contribution in [2.45, 2.75) is 83.1 Å². The molecule has 32 heavy (non-hydrogen) atoms. The van der Waals surface area contributed by atoms with Gasteiger partial charge in [-0.05, 0) is 61.3 Å². The Morgan fingerprint density at radius 3 is 2.59 bits per heavy atom. The summed E-state index contributed by atoms with van der Waals surface area (Å²) < 4.78 is 0. The van der Waals surface area contributed by atoms with Gasteiger partial charge in [-0.2, -0.15) is 0 Å². The molecule has 0 unspecified atom stereocenters. The maximum absolute atomic E-state index is 13.0. The van der Waals surface area contributed by atoms with Crippen LogP contribution < -0.4 is 0 Å². The molecule has 2 atom stereocenters. The second kappa shape index (κ2) is 11.2. The predicted molar refractivity (Wildman–Crippen MR) is 126 cm³/mol. The van der Waals surface area contributed by atoms with Crippen molar-refractivity contribution in [3.05, 3.63) is 29.8 Å². The summed E-state index contributed by atoms with van der Waals surface area (Å²) in [4.78, 5) is 28.3. The third-order valence-electron chi connectivity index (χ3n) is 7.85. The van der Waals surface area contributed by atoms with Gasteiger partial charge >= 0.3 is 5.97 Å². The fourth-order valence-electron chi connectivity index (χ4n) is 5.50. The van der Waals surface area contributed by atoms with Gasteiger partial charge in [0.05, 0.1) is 0 Å². The van der Waals surface area contributed by atoms with E-state index in [9.17, 15) is 14.7 Å². The molecule has 0 spiro atoms. The van der Waals surface area contributed by atoms with E-state index in [4.69, 9.17) is 5.11 Å². The third-order valence-corrected chi connectivity index (χ3v) is 7.85. The lowest BCUT2D eigenvalue weighted by Crippen LogP contribution is -2.51. The van der Waals surface area contributed by atoms with Crippen LogP contribution in [0, 0.1) is 5.92 Å². The molecule has 2 fully saturated rings. The van der Waals surface area contributed by atoms with Gasteiger partial charge in [-0.25, -0.2) is 0 Å². The summed E-state index contributed by atoms with van der Waals surface area (Å²) in [6.45, 7) is 8.12. The van der Waals surface area contributed by atoms with Crippen LogP contribution in [0.4, 0.5) is 0 Å². The van der Waals surface area contributed by atoms with Crippen molar-refractivity contribution < 1.29 is 19.8 Å². The van der Waals surface area contributed by atoms with E-state index in [2.05, 4.69) is 29.7 Å². The highest BCUT2D eigenvalue weighted by molar-refractivity contribution is 5.77. The number of carbonyl (C=O) groups is 2. The Morgan fingerprint density at radius 1 is 1.19 bits per heavy atom. The third kappa shape index (κ3) is 6.25. The van der Waals surface area contributed by atoms with E-state index in [1.165, 1.54) is 24.8 Å². The number of hydrogen-bond donors (Lipinski definition) is 2. The first kappa shape index (κ1) is 24.6. The summed E-state index contributed by atoms with van der Waals surface area (Å²) in [5.74, 6) is 0.0437. The van der Waals surface area contributed by atoms with Crippen molar-refractivity contribution in [3.8, 4) is 5.75 Å². The second-order valence-corrected chi connectivity index (χ2v) is 10.0. The zero-order valence-electron chi connectivity index (χ0n) is 19.8. The monoisotopic (exact) mass is 444 g/mol. The molecule has 0 bridgehead atoms. The Kier molecular flexibility index (Phi) is 8.57. The molecule has 2 aliphatic rings. The van der Waals surface area contributed by atoms with Crippen molar-refractivity contribution in [1.82, 2.24) is 9.80 Å². The number of amides is 1. The number of nitrogens with zero attached hydrogens (tertiary/aromatic N) is 2. The molecule has 3 rings (SSSR count). The van der Waals surface area contributed by atoms with Gasteiger partial charge in [-0.3, -0.25) is 9.59 Å². The van der Waals surface area contributed by atoms with E-state index >= 15 is 0 Å². The van der Waals surface area contributed by atoms with E-state index < -0.39 is 5.97 Å². The van der Waals surface area contributed by atoms with Gasteiger partial charge < -0.3 is 20.0 Å². The van der Waals surface area contributed by atoms with E-state index in [0.29, 0.717) is 30.6 Å². The van der Waals surface area contributed by atoms with Crippen LogP contribution in [0.5, 0.6) is 5.75 Å². The number of carbonyl (C=O) groups excluding carboxylic acids is 1. The molecule has 0 aromatic heterocycles. The van der Waals surface area contributed by atoms with Crippen LogP contribution in [0.3, 0.4) is 0 Å². The fraction of sp³-hybridized carbons (Fsp3) is 0.692. The topological polar surface area (TPSA) is 81.1 Å². The Balaban J connectivity index is 1.58. The highest BCUT2D eigenvalue weighted by Crippen LogP contribution is 2.40. The van der Waals surface area contributed by atoms with E-state index in [-0.39, 0.29) is 17.7 Å². The zero-order chi connectivity index (χ0) is 23.1. The predicted octanol–water partition coefficient (Wildman–Crippen LogP) is 4.41. The fourth-order valence-corrected chi connectivity index (χ4v) is 5.50. The Morgan fingerprint density at radius 2 is 1.94 bits per heavy atom. The molecular weight excluding hydrogens is 404 g/mol. The normalized spacial score (nSPS) is 24.9. The standard InChI is InChI=1S/C26H40N2O4/c1-20-19-27(15-14-26(20,2)21-8-6-11-23(29)18-21)16-17-28(22-9-4-3-5-10-22)24(30)12-7-13-25(31)32/h6,8,11,18,20,22,29H,3-5,7,9-10,12-17,19H2,1-2H3,(H,31,32)/t20-,26-/m0/s1. The summed E-state index contributed by atoms with van der Waals surface area (Å²) >= 11 is 0. The summed E-state index contributed by atoms with van der Waals surface area (Å²) in [7, 11) is 0. The summed E-state index contributed by atoms with van der Waals surface area (Å²) in [6, 6.07) is 7.97. The quantitative estimate of drug-likeness (QED) is 0.590. The molecule has 1 aliphatic heterocycles. The van der Waals surface area contributed by atoms with E-state index in [1.807, 2.05) is 12.1 Å². The lowest BCUT2D eigenvalue weighted by Gasteiger charge is -2.46. The van der Waals surface area contributed by atoms with Crippen LogP contribution in [0.1, 0.15) is 77.2 Å². The molecule has 1 heterocycles. The molecule has 1 aromatic carbocycles. The molecule has 178 valence electrons. The highest BCUT2D eigenvalue weighted by Gasteiger charge is 2.38. The molecule has 6 heteroatoms. The van der Waals surface area contributed by atoms with Crippen LogP contribution >= 0.6 is 0 Å². The lowest BCUT2D eigenvalue weighted by molar-refractivity contribution is -0.137. The smallest absolute Gasteiger partial charge is 0.303 e. The van der Waals surface area contributed by atoms with E-state index in [0.717, 1.165) is 45.4 Å². The van der Waals surface area contributed by atoms with Crippen LogP contribution in [0.25, 0.3) is 0 Å². The Bertz CT molecular complexity index is 777. The largest absolute Gasteiger partial charge is 0.508 e. The molecule has 1 aromatic rings. The zero-order valence-corrected chi connectivity index (χ0v) is 19.8. The molecule has 1 amide bonds. The maximum atomic E-state index is 13.0. The summed E-state index contributed by atoms with van der Waals surface area (Å²) in [5.41, 5.74) is 1.23. The summed E-state index contributed by atoms with van der Waals surface area (Å²) in [5, 5.41) is 18.8. The van der Waals surface area contributed by atoms with Crippen LogP contribution in [0.2, 0.25) is 0 Å². The first-order valence-corrected chi connectivity index (χ1v) is 12.3. The molecule has 1 aliphatic carbocycles. The molecular formula is C26H40N2O4. The minimum atomic E-state index is -0.834. The Labute approximate surface area is 192 Å². The number of piperidine rings is 1. The number of benzene rings is 1. The van der Waals surface area contributed by atoms with E-state index in [1.54, 1.807) is 6.07 Å². The number of hydrogen-bond acceptors (Lipinski definition) is 4. The van der Waals surface area contributed by atoms with Crippen molar-refractivity contribution in [3.63, 3.8) is 0 Å². The average Bonchev–Trinajstić information content (AvgIpc) is 2.77.